The van der Waals surface area contributed by atoms with Gasteiger partial charge in [0.1, 0.15) is 0 Å². The minimum Gasteiger partial charge on any atom is -0.479 e. The van der Waals surface area contributed by atoms with Gasteiger partial charge in [0.25, 0.3) is 5.88 Å². The Labute approximate surface area is 107 Å². The van der Waals surface area contributed by atoms with Crippen LogP contribution in [-0.2, 0) is 0 Å². The molecule has 0 aliphatic carbocycles. The molecule has 0 bridgehead atoms. The maximum atomic E-state index is 13.2. The Kier molecular flexibility index (Phi) is 3.96. The molecule has 0 aromatic carbocycles. The van der Waals surface area contributed by atoms with Gasteiger partial charge in [-0.3, -0.25) is 0 Å². The zero-order valence-electron chi connectivity index (χ0n) is 11.1. The van der Waals surface area contributed by atoms with E-state index in [-0.39, 0.29) is 5.88 Å². The van der Waals surface area contributed by atoms with E-state index in [1.807, 2.05) is 0 Å². The fraction of sp³-hybridized carbons (Fsp3) is 0.667. The van der Waals surface area contributed by atoms with Crippen LogP contribution in [0.4, 0.5) is 10.3 Å². The first-order valence-corrected chi connectivity index (χ1v) is 6.06. The minimum atomic E-state index is -0.523. The topological polar surface area (TPSA) is 41.5 Å². The van der Waals surface area contributed by atoms with Crippen molar-refractivity contribution in [1.82, 2.24) is 14.9 Å². The van der Waals surface area contributed by atoms with E-state index in [9.17, 15) is 4.39 Å². The minimum absolute atomic E-state index is 0.0102. The van der Waals surface area contributed by atoms with Crippen LogP contribution >= 0.6 is 0 Å². The SMILES string of the molecule is COc1nc(N2CC[C@@H](CN(C)C)C2)ncc1F. The fourth-order valence-electron chi connectivity index (χ4n) is 2.32. The molecule has 0 unspecified atom stereocenters. The van der Waals surface area contributed by atoms with Crippen LogP contribution in [0.3, 0.4) is 0 Å². The Hall–Kier alpha value is -1.43. The van der Waals surface area contributed by atoms with Gasteiger partial charge in [0.2, 0.25) is 11.8 Å². The standard InChI is InChI=1S/C12H19FN4O/c1-16(2)7-9-4-5-17(8-9)12-14-6-10(13)11(15-12)18-3/h6,9H,4-5,7-8H2,1-3H3/t9-/m0/s1. The van der Waals surface area contributed by atoms with Gasteiger partial charge in [-0.15, -0.1) is 0 Å². The van der Waals surface area contributed by atoms with Gasteiger partial charge in [-0.05, 0) is 26.4 Å². The number of methoxy groups -OCH3 is 1. The van der Waals surface area contributed by atoms with Gasteiger partial charge in [-0.25, -0.2) is 4.98 Å². The van der Waals surface area contributed by atoms with Crippen molar-refractivity contribution in [2.24, 2.45) is 5.92 Å². The number of hydrogen-bond acceptors (Lipinski definition) is 5. The van der Waals surface area contributed by atoms with Gasteiger partial charge in [-0.1, -0.05) is 0 Å². The normalized spacial score (nSPS) is 19.6. The average Bonchev–Trinajstić information content (AvgIpc) is 2.77. The predicted octanol–water partition coefficient (Wildman–Crippen LogP) is 1.01. The summed E-state index contributed by atoms with van der Waals surface area (Å²) in [4.78, 5) is 12.4. The van der Waals surface area contributed by atoms with E-state index in [4.69, 9.17) is 4.74 Å². The second kappa shape index (κ2) is 5.48. The van der Waals surface area contributed by atoms with Gasteiger partial charge in [0.15, 0.2) is 0 Å². The Morgan fingerprint density at radius 2 is 2.33 bits per heavy atom. The number of hydrogen-bond donors (Lipinski definition) is 0. The first-order valence-electron chi connectivity index (χ1n) is 6.06. The molecule has 0 amide bonds. The molecule has 0 N–H and O–H groups in total. The summed E-state index contributed by atoms with van der Waals surface area (Å²) in [5.41, 5.74) is 0. The van der Waals surface area contributed by atoms with Crippen molar-refractivity contribution < 1.29 is 9.13 Å². The third kappa shape index (κ3) is 2.87. The zero-order chi connectivity index (χ0) is 13.1. The molecule has 18 heavy (non-hydrogen) atoms. The monoisotopic (exact) mass is 254 g/mol. The van der Waals surface area contributed by atoms with E-state index in [0.717, 1.165) is 26.1 Å². The van der Waals surface area contributed by atoms with Crippen molar-refractivity contribution in [3.8, 4) is 5.88 Å². The highest BCUT2D eigenvalue weighted by Crippen LogP contribution is 2.23. The first kappa shape index (κ1) is 13.0. The van der Waals surface area contributed by atoms with Crippen molar-refractivity contribution in [1.29, 1.82) is 0 Å². The summed E-state index contributed by atoms with van der Waals surface area (Å²) in [5.74, 6) is 0.649. The summed E-state index contributed by atoms with van der Waals surface area (Å²) in [6.45, 7) is 2.87. The number of ether oxygens (including phenoxy) is 1. The number of anilines is 1. The average molecular weight is 254 g/mol. The third-order valence-electron chi connectivity index (χ3n) is 3.08. The molecular formula is C12H19FN4O. The molecule has 6 heteroatoms. The number of nitrogens with zero attached hydrogens (tertiary/aromatic N) is 4. The summed E-state index contributed by atoms with van der Waals surface area (Å²) in [6, 6.07) is 0. The van der Waals surface area contributed by atoms with Crippen molar-refractivity contribution in [2.75, 3.05) is 45.7 Å². The molecule has 1 aromatic rings. The molecule has 1 aliphatic rings. The van der Waals surface area contributed by atoms with Crippen LogP contribution in [0, 0.1) is 11.7 Å². The van der Waals surface area contributed by atoms with Crippen LogP contribution in [0.1, 0.15) is 6.42 Å². The van der Waals surface area contributed by atoms with Gasteiger partial charge < -0.3 is 14.5 Å². The summed E-state index contributed by atoms with van der Waals surface area (Å²) in [7, 11) is 5.55. The van der Waals surface area contributed by atoms with Crippen molar-refractivity contribution in [3.05, 3.63) is 12.0 Å². The highest BCUT2D eigenvalue weighted by Gasteiger charge is 2.25. The third-order valence-corrected chi connectivity index (χ3v) is 3.08. The number of rotatable bonds is 4. The predicted molar refractivity (Wildman–Crippen MR) is 67.4 cm³/mol. The summed E-state index contributed by atoms with van der Waals surface area (Å²) < 4.78 is 18.1. The van der Waals surface area contributed by atoms with Crippen molar-refractivity contribution >= 4 is 5.95 Å². The smallest absolute Gasteiger partial charge is 0.255 e. The second-order valence-corrected chi connectivity index (χ2v) is 4.89. The number of aromatic nitrogens is 2. The molecule has 1 aromatic heterocycles. The van der Waals surface area contributed by atoms with E-state index >= 15 is 0 Å². The molecule has 0 spiro atoms. The Morgan fingerprint density at radius 3 is 3.00 bits per heavy atom. The second-order valence-electron chi connectivity index (χ2n) is 4.89. The lowest BCUT2D eigenvalue weighted by Crippen LogP contribution is -2.26. The van der Waals surface area contributed by atoms with Crippen LogP contribution < -0.4 is 9.64 Å². The fourth-order valence-corrected chi connectivity index (χ4v) is 2.32. The lowest BCUT2D eigenvalue weighted by Gasteiger charge is -2.18. The highest BCUT2D eigenvalue weighted by atomic mass is 19.1. The molecule has 2 heterocycles. The van der Waals surface area contributed by atoms with E-state index < -0.39 is 5.82 Å². The Bertz CT molecular complexity index is 413. The van der Waals surface area contributed by atoms with Gasteiger partial charge in [0.05, 0.1) is 13.3 Å². The van der Waals surface area contributed by atoms with Crippen LogP contribution in [-0.4, -0.2) is 55.7 Å². The largest absolute Gasteiger partial charge is 0.479 e. The van der Waals surface area contributed by atoms with Crippen molar-refractivity contribution in [2.45, 2.75) is 6.42 Å². The number of halogens is 1. The maximum Gasteiger partial charge on any atom is 0.255 e. The maximum absolute atomic E-state index is 13.2. The molecule has 1 fully saturated rings. The van der Waals surface area contributed by atoms with Crippen molar-refractivity contribution in [3.63, 3.8) is 0 Å². The zero-order valence-corrected chi connectivity index (χ0v) is 11.1. The molecule has 0 radical (unpaired) electrons. The first-order chi connectivity index (χ1) is 8.60. The molecule has 1 aliphatic heterocycles. The van der Waals surface area contributed by atoms with E-state index in [1.165, 1.54) is 13.3 Å². The quantitative estimate of drug-likeness (QED) is 0.802. The summed E-state index contributed by atoms with van der Waals surface area (Å²) >= 11 is 0. The Balaban J connectivity index is 2.05. The van der Waals surface area contributed by atoms with Crippen LogP contribution in [0.15, 0.2) is 6.20 Å². The van der Waals surface area contributed by atoms with Gasteiger partial charge in [-0.2, -0.15) is 9.37 Å². The molecule has 5 nitrogen and oxygen atoms in total. The van der Waals surface area contributed by atoms with Gasteiger partial charge >= 0.3 is 0 Å². The molecular weight excluding hydrogens is 235 g/mol. The van der Waals surface area contributed by atoms with Gasteiger partial charge in [0, 0.05) is 19.6 Å². The van der Waals surface area contributed by atoms with Crippen LogP contribution in [0.2, 0.25) is 0 Å². The van der Waals surface area contributed by atoms with E-state index in [2.05, 4.69) is 33.9 Å². The molecule has 100 valence electrons. The van der Waals surface area contributed by atoms with E-state index in [1.54, 1.807) is 0 Å². The molecule has 2 rings (SSSR count). The van der Waals surface area contributed by atoms with E-state index in [0.29, 0.717) is 11.9 Å². The lowest BCUT2D eigenvalue weighted by molar-refractivity contribution is 0.340. The summed E-state index contributed by atoms with van der Waals surface area (Å²) in [5, 5.41) is 0. The summed E-state index contributed by atoms with van der Waals surface area (Å²) in [6.07, 6.45) is 2.28. The molecule has 1 saturated heterocycles. The molecule has 1 atom stereocenters. The highest BCUT2D eigenvalue weighted by molar-refractivity contribution is 5.34. The Morgan fingerprint density at radius 1 is 1.56 bits per heavy atom. The van der Waals surface area contributed by atoms with Crippen LogP contribution in [0.25, 0.3) is 0 Å². The molecule has 0 saturated carbocycles. The lowest BCUT2D eigenvalue weighted by atomic mass is 10.1. The van der Waals surface area contributed by atoms with Crippen LogP contribution in [0.5, 0.6) is 5.88 Å².